The number of nitrogens with one attached hydrogen (secondary N) is 3. The summed E-state index contributed by atoms with van der Waals surface area (Å²) in [6.07, 6.45) is -0.538. The molecule has 3 aromatic rings. The maximum absolute atomic E-state index is 13.7. The minimum Gasteiger partial charge on any atom is -0.508 e. The summed E-state index contributed by atoms with van der Waals surface area (Å²) >= 11 is 0. The molecular formula is C33H37N3O8. The van der Waals surface area contributed by atoms with Crippen molar-refractivity contribution in [3.8, 4) is 11.5 Å². The van der Waals surface area contributed by atoms with Gasteiger partial charge in [-0.15, -0.1) is 0 Å². The van der Waals surface area contributed by atoms with Crippen molar-refractivity contribution in [3.05, 3.63) is 95.6 Å². The van der Waals surface area contributed by atoms with E-state index in [0.29, 0.717) is 11.3 Å². The van der Waals surface area contributed by atoms with Gasteiger partial charge in [0.15, 0.2) is 5.78 Å². The van der Waals surface area contributed by atoms with Gasteiger partial charge in [0.2, 0.25) is 11.8 Å². The second-order valence-electron chi connectivity index (χ2n) is 10.9. The van der Waals surface area contributed by atoms with Gasteiger partial charge < -0.3 is 35.3 Å². The molecule has 0 spiro atoms. The Balaban J connectivity index is 1.46. The lowest BCUT2D eigenvalue weighted by Crippen LogP contribution is -2.57. The molecule has 1 fully saturated rings. The Labute approximate surface area is 255 Å². The van der Waals surface area contributed by atoms with Gasteiger partial charge in [-0.25, -0.2) is 4.79 Å². The molecule has 2 unspecified atom stereocenters. The Morgan fingerprint density at radius 2 is 1.39 bits per heavy atom. The van der Waals surface area contributed by atoms with Crippen molar-refractivity contribution < 1.29 is 38.5 Å². The minimum atomic E-state index is -1.09. The Bertz CT molecular complexity index is 1440. The molecular weight excluding hydrogens is 566 g/mol. The maximum atomic E-state index is 13.7. The topological polar surface area (TPSA) is 156 Å². The molecule has 44 heavy (non-hydrogen) atoms. The van der Waals surface area contributed by atoms with E-state index in [9.17, 15) is 24.3 Å². The fourth-order valence-corrected chi connectivity index (χ4v) is 4.48. The van der Waals surface area contributed by atoms with Crippen molar-refractivity contribution in [2.45, 2.75) is 57.0 Å². The van der Waals surface area contributed by atoms with E-state index in [4.69, 9.17) is 14.2 Å². The lowest BCUT2D eigenvalue weighted by molar-refractivity contribution is -0.133. The van der Waals surface area contributed by atoms with Crippen LogP contribution >= 0.6 is 0 Å². The number of phenols is 1. The number of Topliss-reactive ketones (excluding diaryl/α,β-unsaturated/α-hetero) is 1. The van der Waals surface area contributed by atoms with E-state index < -0.39 is 41.6 Å². The van der Waals surface area contributed by atoms with Crippen molar-refractivity contribution >= 4 is 23.7 Å². The molecule has 3 amide bonds. The third-order valence-electron chi connectivity index (χ3n) is 7.28. The summed E-state index contributed by atoms with van der Waals surface area (Å²) in [5, 5.41) is 17.7. The van der Waals surface area contributed by atoms with Gasteiger partial charge in [0.05, 0.1) is 19.8 Å². The normalized spacial score (nSPS) is 17.3. The SMILES string of the molecule is COc1ccc(C[C@H](NC(=O)C(C)NC(=O)OCc2ccccc2)C(=O)N[C@@H](Cc2ccc(O)cc2)C(=O)C2(C)CO2)cc1. The lowest BCUT2D eigenvalue weighted by atomic mass is 9.94. The summed E-state index contributed by atoms with van der Waals surface area (Å²) in [5.41, 5.74) is 1.22. The van der Waals surface area contributed by atoms with Crippen molar-refractivity contribution in [2.75, 3.05) is 13.7 Å². The molecule has 11 nitrogen and oxygen atoms in total. The van der Waals surface area contributed by atoms with E-state index in [2.05, 4.69) is 16.0 Å². The van der Waals surface area contributed by atoms with Crippen molar-refractivity contribution in [3.63, 3.8) is 0 Å². The highest BCUT2D eigenvalue weighted by Crippen LogP contribution is 2.29. The van der Waals surface area contributed by atoms with E-state index in [1.807, 2.05) is 18.2 Å². The second-order valence-corrected chi connectivity index (χ2v) is 10.9. The van der Waals surface area contributed by atoms with Crippen molar-refractivity contribution in [1.82, 2.24) is 16.0 Å². The number of epoxide rings is 1. The van der Waals surface area contributed by atoms with Gasteiger partial charge in [0.25, 0.3) is 0 Å². The number of ketones is 1. The zero-order valence-electron chi connectivity index (χ0n) is 24.9. The quantitative estimate of drug-likeness (QED) is 0.205. The summed E-state index contributed by atoms with van der Waals surface area (Å²) < 4.78 is 15.8. The number of ether oxygens (including phenoxy) is 3. The van der Waals surface area contributed by atoms with Crippen LogP contribution in [0.4, 0.5) is 4.79 Å². The number of rotatable bonds is 14. The Morgan fingerprint density at radius 3 is 1.98 bits per heavy atom. The number of carbonyl (C=O) groups is 4. The maximum Gasteiger partial charge on any atom is 0.408 e. The standard InChI is InChI=1S/C33H37N3O8/c1-21(34-32(41)43-19-24-7-5-4-6-8-24)30(39)36-28(18-23-11-15-26(42-3)16-12-23)31(40)35-27(29(38)33(2)20-44-33)17-22-9-13-25(37)14-10-22/h4-16,21,27-28,37H,17-20H2,1-3H3,(H,34,41)(H,35,40)(H,36,39)/t21?,27-,28-,33?/m0/s1. The van der Waals surface area contributed by atoms with Gasteiger partial charge in [-0.2, -0.15) is 0 Å². The molecule has 0 bridgehead atoms. The molecule has 3 aromatic carbocycles. The first-order valence-corrected chi connectivity index (χ1v) is 14.2. The number of methoxy groups -OCH3 is 1. The average molecular weight is 604 g/mol. The van der Waals surface area contributed by atoms with Gasteiger partial charge in [0.1, 0.15) is 35.8 Å². The fraction of sp³-hybridized carbons (Fsp3) is 0.333. The van der Waals surface area contributed by atoms with Gasteiger partial charge >= 0.3 is 6.09 Å². The smallest absolute Gasteiger partial charge is 0.408 e. The lowest BCUT2D eigenvalue weighted by Gasteiger charge is -2.25. The van der Waals surface area contributed by atoms with E-state index in [1.54, 1.807) is 62.6 Å². The van der Waals surface area contributed by atoms with Crippen LogP contribution in [-0.2, 0) is 43.3 Å². The zero-order valence-corrected chi connectivity index (χ0v) is 24.9. The van der Waals surface area contributed by atoms with Gasteiger partial charge in [0, 0.05) is 6.42 Å². The van der Waals surface area contributed by atoms with Crippen LogP contribution in [0.25, 0.3) is 0 Å². The summed E-state index contributed by atoms with van der Waals surface area (Å²) in [4.78, 5) is 52.6. The fourth-order valence-electron chi connectivity index (χ4n) is 4.48. The van der Waals surface area contributed by atoms with Crippen LogP contribution in [0.5, 0.6) is 11.5 Å². The molecule has 4 atom stereocenters. The Hall–Kier alpha value is -4.90. The third kappa shape index (κ3) is 9.05. The Kier molecular flexibility index (Phi) is 10.6. The van der Waals surface area contributed by atoms with Gasteiger partial charge in [-0.05, 0) is 61.2 Å². The summed E-state index contributed by atoms with van der Waals surface area (Å²) in [6.45, 7) is 3.40. The highest BCUT2D eigenvalue weighted by Gasteiger charge is 2.50. The molecule has 0 saturated carbocycles. The third-order valence-corrected chi connectivity index (χ3v) is 7.28. The van der Waals surface area contributed by atoms with Crippen LogP contribution in [0.2, 0.25) is 0 Å². The van der Waals surface area contributed by atoms with Crippen LogP contribution in [-0.4, -0.2) is 66.2 Å². The molecule has 4 N–H and O–H groups in total. The Morgan fingerprint density at radius 1 is 0.818 bits per heavy atom. The number of amides is 3. The molecule has 1 aliphatic rings. The minimum absolute atomic E-state index is 0.0304. The highest BCUT2D eigenvalue weighted by atomic mass is 16.6. The van der Waals surface area contributed by atoms with Crippen LogP contribution in [0, 0.1) is 0 Å². The van der Waals surface area contributed by atoms with Crippen molar-refractivity contribution in [1.29, 1.82) is 0 Å². The predicted molar refractivity (Wildman–Crippen MR) is 161 cm³/mol. The van der Waals surface area contributed by atoms with Gasteiger partial charge in [-0.1, -0.05) is 54.6 Å². The molecule has 0 radical (unpaired) electrons. The number of hydrogen-bond donors (Lipinski definition) is 4. The van der Waals surface area contributed by atoms with Crippen LogP contribution in [0.3, 0.4) is 0 Å². The first-order valence-electron chi connectivity index (χ1n) is 14.2. The first-order chi connectivity index (χ1) is 21.1. The number of aromatic hydroxyl groups is 1. The molecule has 1 heterocycles. The molecule has 232 valence electrons. The van der Waals surface area contributed by atoms with E-state index in [0.717, 1.165) is 11.1 Å². The van der Waals surface area contributed by atoms with Gasteiger partial charge in [-0.3, -0.25) is 14.4 Å². The van der Waals surface area contributed by atoms with Crippen LogP contribution < -0.4 is 20.7 Å². The number of alkyl carbamates (subject to hydrolysis) is 1. The van der Waals surface area contributed by atoms with Crippen molar-refractivity contribution in [2.24, 2.45) is 0 Å². The monoisotopic (exact) mass is 603 g/mol. The van der Waals surface area contributed by atoms with E-state index >= 15 is 0 Å². The summed E-state index contributed by atoms with van der Waals surface area (Å²) in [6, 6.07) is 19.4. The number of carbonyl (C=O) groups excluding carboxylic acids is 4. The average Bonchev–Trinajstić information content (AvgIpc) is 3.79. The van der Waals surface area contributed by atoms with Crippen LogP contribution in [0.15, 0.2) is 78.9 Å². The first kappa shape index (κ1) is 32.0. The largest absolute Gasteiger partial charge is 0.508 e. The summed E-state index contributed by atoms with van der Waals surface area (Å²) in [5.74, 6) is -0.803. The summed E-state index contributed by atoms with van der Waals surface area (Å²) in [7, 11) is 1.54. The number of hydrogen-bond acceptors (Lipinski definition) is 8. The molecule has 1 aliphatic heterocycles. The molecule has 0 aliphatic carbocycles. The predicted octanol–water partition coefficient (Wildman–Crippen LogP) is 2.83. The number of phenolic OH excluding ortho intramolecular Hbond substituents is 1. The molecule has 1 saturated heterocycles. The molecule has 4 rings (SSSR count). The molecule has 11 heteroatoms. The zero-order chi connectivity index (χ0) is 31.7. The van der Waals surface area contributed by atoms with Crippen LogP contribution in [0.1, 0.15) is 30.5 Å². The highest BCUT2D eigenvalue weighted by molar-refractivity contribution is 5.98. The number of benzene rings is 3. The second kappa shape index (κ2) is 14.5. The molecule has 0 aromatic heterocycles. The van der Waals surface area contributed by atoms with E-state index in [-0.39, 0.29) is 37.6 Å². The van der Waals surface area contributed by atoms with E-state index in [1.165, 1.54) is 19.1 Å².